The van der Waals surface area contributed by atoms with Crippen molar-refractivity contribution in [1.82, 2.24) is 9.55 Å². The lowest BCUT2D eigenvalue weighted by Gasteiger charge is -2.15. The molecule has 0 saturated heterocycles. The molecule has 0 spiro atoms. The van der Waals surface area contributed by atoms with Gasteiger partial charge in [-0.2, -0.15) is 5.26 Å². The fourth-order valence-corrected chi connectivity index (χ4v) is 2.92. The lowest BCUT2D eigenvalue weighted by Crippen LogP contribution is -2.02. The molecule has 0 atom stereocenters. The molecule has 0 aliphatic rings. The van der Waals surface area contributed by atoms with Crippen molar-refractivity contribution in [3.05, 3.63) is 65.2 Å². The molecular formula is C21H22ClN3O3. The SMILES string of the molecule is COc1cccc(Oc2cc(Cn3cc(C)nc3C)ccc2C#N)c1OC.Cl. The van der Waals surface area contributed by atoms with Gasteiger partial charge in [-0.3, -0.25) is 0 Å². The third-order valence-electron chi connectivity index (χ3n) is 4.20. The Morgan fingerprint density at radius 1 is 1.04 bits per heavy atom. The van der Waals surface area contributed by atoms with Crippen molar-refractivity contribution in [2.45, 2.75) is 20.4 Å². The van der Waals surface area contributed by atoms with Crippen molar-refractivity contribution < 1.29 is 14.2 Å². The maximum atomic E-state index is 9.45. The molecule has 0 unspecified atom stereocenters. The second-order valence-electron chi connectivity index (χ2n) is 6.09. The topological polar surface area (TPSA) is 69.3 Å². The van der Waals surface area contributed by atoms with E-state index in [-0.39, 0.29) is 12.4 Å². The van der Waals surface area contributed by atoms with Crippen LogP contribution in [0.1, 0.15) is 22.6 Å². The number of hydrogen-bond acceptors (Lipinski definition) is 5. The third kappa shape index (κ3) is 4.38. The summed E-state index contributed by atoms with van der Waals surface area (Å²) in [6.07, 6.45) is 2.00. The van der Waals surface area contributed by atoms with Gasteiger partial charge in [0.15, 0.2) is 11.5 Å². The molecule has 2 aromatic carbocycles. The number of aryl methyl sites for hydroxylation is 2. The standard InChI is InChI=1S/C21H21N3O3.ClH/c1-14-12-24(15(2)23-14)13-16-8-9-17(11-22)20(10-16)27-19-7-5-6-18(25-3)21(19)26-4;/h5-10,12H,13H2,1-4H3;1H. The summed E-state index contributed by atoms with van der Waals surface area (Å²) in [6.45, 7) is 4.57. The van der Waals surface area contributed by atoms with Crippen molar-refractivity contribution in [2.75, 3.05) is 14.2 Å². The van der Waals surface area contributed by atoms with Gasteiger partial charge in [0.1, 0.15) is 17.6 Å². The first-order valence-electron chi connectivity index (χ1n) is 8.48. The van der Waals surface area contributed by atoms with Gasteiger partial charge < -0.3 is 18.8 Å². The molecule has 1 aromatic heterocycles. The Kier molecular flexibility index (Phi) is 6.91. The molecule has 0 radical (unpaired) electrons. The fraction of sp³-hybridized carbons (Fsp3) is 0.238. The third-order valence-corrected chi connectivity index (χ3v) is 4.20. The number of imidazole rings is 1. The number of para-hydroxylation sites is 1. The number of rotatable bonds is 6. The Labute approximate surface area is 170 Å². The summed E-state index contributed by atoms with van der Waals surface area (Å²) < 4.78 is 18.8. The number of halogens is 1. The van der Waals surface area contributed by atoms with Crippen LogP contribution in [0.15, 0.2) is 42.6 Å². The van der Waals surface area contributed by atoms with Crippen LogP contribution in [0.3, 0.4) is 0 Å². The Morgan fingerprint density at radius 3 is 2.39 bits per heavy atom. The van der Waals surface area contributed by atoms with E-state index in [1.165, 1.54) is 0 Å². The molecule has 146 valence electrons. The number of methoxy groups -OCH3 is 2. The largest absolute Gasteiger partial charge is 0.493 e. The van der Waals surface area contributed by atoms with Gasteiger partial charge in [0.05, 0.1) is 25.5 Å². The second kappa shape index (κ2) is 9.16. The van der Waals surface area contributed by atoms with Crippen LogP contribution < -0.4 is 14.2 Å². The van der Waals surface area contributed by atoms with Gasteiger partial charge in [-0.15, -0.1) is 12.4 Å². The van der Waals surface area contributed by atoms with Crippen LogP contribution in [-0.2, 0) is 6.54 Å². The van der Waals surface area contributed by atoms with Gasteiger partial charge in [0.2, 0.25) is 5.75 Å². The minimum absolute atomic E-state index is 0. The number of hydrogen-bond donors (Lipinski definition) is 0. The number of aromatic nitrogens is 2. The second-order valence-corrected chi connectivity index (χ2v) is 6.09. The highest BCUT2D eigenvalue weighted by Crippen LogP contribution is 2.40. The molecule has 28 heavy (non-hydrogen) atoms. The molecule has 1 heterocycles. The average Bonchev–Trinajstić information content (AvgIpc) is 2.98. The maximum Gasteiger partial charge on any atom is 0.203 e. The molecule has 6 nitrogen and oxygen atoms in total. The zero-order valence-electron chi connectivity index (χ0n) is 16.2. The zero-order chi connectivity index (χ0) is 19.4. The number of ether oxygens (including phenoxy) is 3. The Hall–Kier alpha value is -3.17. The van der Waals surface area contributed by atoms with Crippen molar-refractivity contribution in [2.24, 2.45) is 0 Å². The molecule has 0 amide bonds. The molecule has 0 bridgehead atoms. The average molecular weight is 400 g/mol. The summed E-state index contributed by atoms with van der Waals surface area (Å²) in [5, 5.41) is 9.45. The fourth-order valence-electron chi connectivity index (χ4n) is 2.92. The quantitative estimate of drug-likeness (QED) is 0.603. The van der Waals surface area contributed by atoms with E-state index in [9.17, 15) is 5.26 Å². The highest BCUT2D eigenvalue weighted by molar-refractivity contribution is 5.85. The van der Waals surface area contributed by atoms with Crippen LogP contribution in [-0.4, -0.2) is 23.8 Å². The van der Waals surface area contributed by atoms with Crippen LogP contribution in [0.2, 0.25) is 0 Å². The number of nitriles is 1. The highest BCUT2D eigenvalue weighted by Gasteiger charge is 2.14. The predicted octanol–water partition coefficient (Wildman–Crippen LogP) is 4.65. The van der Waals surface area contributed by atoms with Gasteiger partial charge in [0, 0.05) is 12.7 Å². The van der Waals surface area contributed by atoms with E-state index in [4.69, 9.17) is 14.2 Å². The minimum atomic E-state index is 0. The molecule has 0 saturated carbocycles. The van der Waals surface area contributed by atoms with E-state index in [1.807, 2.05) is 38.2 Å². The van der Waals surface area contributed by atoms with Crippen LogP contribution in [0.25, 0.3) is 0 Å². The Bertz CT molecular complexity index is 1010. The van der Waals surface area contributed by atoms with Crippen LogP contribution in [0.5, 0.6) is 23.0 Å². The first kappa shape index (κ1) is 21.1. The summed E-state index contributed by atoms with van der Waals surface area (Å²) in [5.74, 6) is 2.94. The molecular weight excluding hydrogens is 378 g/mol. The van der Waals surface area contributed by atoms with Crippen molar-refractivity contribution in [3.63, 3.8) is 0 Å². The molecule has 3 aromatic rings. The van der Waals surface area contributed by atoms with Gasteiger partial charge in [-0.25, -0.2) is 4.98 Å². The van der Waals surface area contributed by atoms with E-state index < -0.39 is 0 Å². The molecule has 0 aliphatic carbocycles. The van der Waals surface area contributed by atoms with E-state index in [2.05, 4.69) is 15.6 Å². The summed E-state index contributed by atoms with van der Waals surface area (Å²) >= 11 is 0. The molecule has 0 N–H and O–H groups in total. The van der Waals surface area contributed by atoms with Crippen molar-refractivity contribution in [1.29, 1.82) is 5.26 Å². The Morgan fingerprint density at radius 2 is 1.79 bits per heavy atom. The van der Waals surface area contributed by atoms with E-state index >= 15 is 0 Å². The van der Waals surface area contributed by atoms with Gasteiger partial charge >= 0.3 is 0 Å². The van der Waals surface area contributed by atoms with Crippen molar-refractivity contribution >= 4 is 12.4 Å². The molecule has 0 fully saturated rings. The molecule has 7 heteroatoms. The van der Waals surface area contributed by atoms with E-state index in [1.54, 1.807) is 32.4 Å². The van der Waals surface area contributed by atoms with Crippen molar-refractivity contribution in [3.8, 4) is 29.1 Å². The van der Waals surface area contributed by atoms with Crippen LogP contribution >= 0.6 is 12.4 Å². The summed E-state index contributed by atoms with van der Waals surface area (Å²) in [5.41, 5.74) is 2.42. The minimum Gasteiger partial charge on any atom is -0.493 e. The van der Waals surface area contributed by atoms with Gasteiger partial charge in [-0.1, -0.05) is 12.1 Å². The van der Waals surface area contributed by atoms with E-state index in [0.717, 1.165) is 17.1 Å². The van der Waals surface area contributed by atoms with E-state index in [0.29, 0.717) is 35.1 Å². The van der Waals surface area contributed by atoms with Crippen LogP contribution in [0.4, 0.5) is 0 Å². The monoisotopic (exact) mass is 399 g/mol. The van der Waals surface area contributed by atoms with Gasteiger partial charge in [-0.05, 0) is 43.7 Å². The first-order chi connectivity index (χ1) is 13.0. The Balaban J connectivity index is 0.00000280. The summed E-state index contributed by atoms with van der Waals surface area (Å²) in [7, 11) is 3.12. The summed E-state index contributed by atoms with van der Waals surface area (Å²) in [6, 6.07) is 13.1. The first-order valence-corrected chi connectivity index (χ1v) is 8.48. The molecule has 0 aliphatic heterocycles. The molecule has 3 rings (SSSR count). The zero-order valence-corrected chi connectivity index (χ0v) is 17.0. The van der Waals surface area contributed by atoms with Crippen LogP contribution in [0, 0.1) is 25.2 Å². The maximum absolute atomic E-state index is 9.45. The smallest absolute Gasteiger partial charge is 0.203 e. The normalized spacial score (nSPS) is 9.96. The lowest BCUT2D eigenvalue weighted by molar-refractivity contribution is 0.336. The lowest BCUT2D eigenvalue weighted by atomic mass is 10.1. The van der Waals surface area contributed by atoms with Gasteiger partial charge in [0.25, 0.3) is 0 Å². The summed E-state index contributed by atoms with van der Waals surface area (Å²) in [4.78, 5) is 4.42. The highest BCUT2D eigenvalue weighted by atomic mass is 35.5. The number of benzene rings is 2. The number of nitrogens with zero attached hydrogens (tertiary/aromatic N) is 3. The predicted molar refractivity (Wildman–Crippen MR) is 109 cm³/mol.